The van der Waals surface area contributed by atoms with E-state index in [1.807, 2.05) is 6.07 Å². The first kappa shape index (κ1) is 18.4. The van der Waals surface area contributed by atoms with Crippen LogP contribution in [0.3, 0.4) is 0 Å². The number of halogens is 4. The Morgan fingerprint density at radius 3 is 2.57 bits per heavy atom. The monoisotopic (exact) mass is 439 g/mol. The maximum absolute atomic E-state index is 12.9. The van der Waals surface area contributed by atoms with Crippen LogP contribution in [0.15, 0.2) is 29.3 Å². The SMILES string of the molecule is FC(F)(F)c1cccc(C2(CNC3=NCCCN3)CCC2)c1.I. The van der Waals surface area contributed by atoms with Crippen molar-refractivity contribution in [1.29, 1.82) is 0 Å². The molecular weight excluding hydrogens is 418 g/mol. The third kappa shape index (κ3) is 4.10. The summed E-state index contributed by atoms with van der Waals surface area (Å²) in [5.41, 5.74) is 0.00464. The lowest BCUT2D eigenvalue weighted by Gasteiger charge is -2.43. The third-order valence-electron chi connectivity index (χ3n) is 4.60. The van der Waals surface area contributed by atoms with Crippen molar-refractivity contribution in [2.24, 2.45) is 4.99 Å². The van der Waals surface area contributed by atoms with Crippen LogP contribution in [-0.4, -0.2) is 25.6 Å². The minimum atomic E-state index is -4.29. The van der Waals surface area contributed by atoms with Gasteiger partial charge < -0.3 is 10.6 Å². The Hall–Kier alpha value is -0.990. The molecule has 2 N–H and O–H groups in total. The highest BCUT2D eigenvalue weighted by atomic mass is 127. The smallest absolute Gasteiger partial charge is 0.356 e. The van der Waals surface area contributed by atoms with Gasteiger partial charge in [0, 0.05) is 25.0 Å². The second-order valence-electron chi connectivity index (χ2n) is 6.08. The first-order valence-corrected chi connectivity index (χ1v) is 7.70. The minimum Gasteiger partial charge on any atom is -0.356 e. The average Bonchev–Trinajstić information content (AvgIpc) is 2.47. The number of benzene rings is 1. The number of alkyl halides is 3. The number of nitrogens with zero attached hydrogens (tertiary/aromatic N) is 1. The van der Waals surface area contributed by atoms with Gasteiger partial charge in [0.05, 0.1) is 5.56 Å². The molecule has 1 fully saturated rings. The lowest BCUT2D eigenvalue weighted by molar-refractivity contribution is -0.137. The molecule has 0 atom stereocenters. The summed E-state index contributed by atoms with van der Waals surface area (Å²) in [6.07, 6.45) is -0.394. The van der Waals surface area contributed by atoms with Crippen LogP contribution in [0.2, 0.25) is 0 Å². The first-order chi connectivity index (χ1) is 10.5. The van der Waals surface area contributed by atoms with Gasteiger partial charge in [-0.05, 0) is 30.9 Å². The van der Waals surface area contributed by atoms with Crippen LogP contribution in [0.1, 0.15) is 36.8 Å². The summed E-state index contributed by atoms with van der Waals surface area (Å²) in [6, 6.07) is 5.76. The highest BCUT2D eigenvalue weighted by Gasteiger charge is 2.40. The molecule has 23 heavy (non-hydrogen) atoms. The van der Waals surface area contributed by atoms with Crippen molar-refractivity contribution in [2.75, 3.05) is 19.6 Å². The quantitative estimate of drug-likeness (QED) is 0.706. The largest absolute Gasteiger partial charge is 0.416 e. The molecule has 1 aromatic rings. The number of nitrogens with one attached hydrogen (secondary N) is 2. The van der Waals surface area contributed by atoms with Crippen LogP contribution in [0, 0.1) is 0 Å². The highest BCUT2D eigenvalue weighted by Crippen LogP contribution is 2.44. The molecule has 2 aliphatic rings. The number of guanidine groups is 1. The van der Waals surface area contributed by atoms with Gasteiger partial charge in [0.2, 0.25) is 0 Å². The van der Waals surface area contributed by atoms with E-state index in [0.717, 1.165) is 56.4 Å². The zero-order valence-electron chi connectivity index (χ0n) is 12.7. The standard InChI is InChI=1S/C16H20F3N3.HI/c17-16(18,19)13-5-1-4-12(10-13)15(6-2-7-15)11-22-14-20-8-3-9-21-14;/h1,4-5,10H,2-3,6-9,11H2,(H2,20,21,22);1H. The molecular formula is C16H21F3IN3. The van der Waals surface area contributed by atoms with Gasteiger partial charge in [-0.2, -0.15) is 13.2 Å². The molecule has 0 saturated heterocycles. The van der Waals surface area contributed by atoms with Crippen molar-refractivity contribution in [3.8, 4) is 0 Å². The van der Waals surface area contributed by atoms with Gasteiger partial charge >= 0.3 is 6.18 Å². The van der Waals surface area contributed by atoms with Gasteiger partial charge in [0.15, 0.2) is 5.96 Å². The molecule has 1 aromatic carbocycles. The first-order valence-electron chi connectivity index (χ1n) is 7.70. The van der Waals surface area contributed by atoms with E-state index in [2.05, 4.69) is 15.6 Å². The van der Waals surface area contributed by atoms with Gasteiger partial charge in [-0.1, -0.05) is 24.6 Å². The number of hydrogen-bond donors (Lipinski definition) is 2. The van der Waals surface area contributed by atoms with Crippen LogP contribution >= 0.6 is 24.0 Å². The molecule has 0 radical (unpaired) electrons. The predicted molar refractivity (Wildman–Crippen MR) is 95.3 cm³/mol. The second kappa shape index (κ2) is 7.27. The summed E-state index contributed by atoms with van der Waals surface area (Å²) in [5, 5.41) is 6.46. The lowest BCUT2D eigenvalue weighted by Crippen LogP contribution is -2.50. The fourth-order valence-electron chi connectivity index (χ4n) is 3.10. The van der Waals surface area contributed by atoms with E-state index < -0.39 is 11.7 Å². The van der Waals surface area contributed by atoms with Crippen molar-refractivity contribution < 1.29 is 13.2 Å². The van der Waals surface area contributed by atoms with E-state index >= 15 is 0 Å². The van der Waals surface area contributed by atoms with E-state index in [0.29, 0.717) is 6.54 Å². The zero-order chi connectivity index (χ0) is 15.6. The Morgan fingerprint density at radius 1 is 1.22 bits per heavy atom. The van der Waals surface area contributed by atoms with E-state index in [1.54, 1.807) is 0 Å². The van der Waals surface area contributed by atoms with Gasteiger partial charge in [0.1, 0.15) is 0 Å². The van der Waals surface area contributed by atoms with Crippen molar-refractivity contribution in [3.63, 3.8) is 0 Å². The molecule has 3 nitrogen and oxygen atoms in total. The Morgan fingerprint density at radius 2 is 2.00 bits per heavy atom. The molecule has 0 aromatic heterocycles. The van der Waals surface area contributed by atoms with E-state index in [-0.39, 0.29) is 29.4 Å². The Kier molecular flexibility index (Phi) is 5.80. The maximum Gasteiger partial charge on any atom is 0.416 e. The maximum atomic E-state index is 12.9. The van der Waals surface area contributed by atoms with Crippen LogP contribution < -0.4 is 10.6 Å². The molecule has 0 amide bonds. The van der Waals surface area contributed by atoms with Crippen molar-refractivity contribution in [2.45, 2.75) is 37.3 Å². The highest BCUT2D eigenvalue weighted by molar-refractivity contribution is 14.0. The van der Waals surface area contributed by atoms with Gasteiger partial charge in [-0.3, -0.25) is 4.99 Å². The van der Waals surface area contributed by atoms with Crippen LogP contribution in [0.5, 0.6) is 0 Å². The minimum absolute atomic E-state index is 0. The molecule has 1 aliphatic carbocycles. The third-order valence-corrected chi connectivity index (χ3v) is 4.60. The Balaban J connectivity index is 0.00000192. The van der Waals surface area contributed by atoms with Crippen molar-refractivity contribution in [1.82, 2.24) is 10.6 Å². The average molecular weight is 439 g/mol. The topological polar surface area (TPSA) is 36.4 Å². The molecule has 1 aliphatic heterocycles. The van der Waals surface area contributed by atoms with E-state index in [1.165, 1.54) is 12.1 Å². The molecule has 3 rings (SSSR count). The molecule has 0 unspecified atom stereocenters. The zero-order valence-corrected chi connectivity index (χ0v) is 15.1. The summed E-state index contributed by atoms with van der Waals surface area (Å²) < 4.78 is 38.7. The molecule has 128 valence electrons. The summed E-state index contributed by atoms with van der Waals surface area (Å²) in [5.74, 6) is 0.768. The lowest BCUT2D eigenvalue weighted by atomic mass is 9.64. The van der Waals surface area contributed by atoms with E-state index in [9.17, 15) is 13.2 Å². The van der Waals surface area contributed by atoms with Crippen LogP contribution in [-0.2, 0) is 11.6 Å². The molecule has 0 bridgehead atoms. The number of hydrogen-bond acceptors (Lipinski definition) is 3. The summed E-state index contributed by atoms with van der Waals surface area (Å²) in [4.78, 5) is 4.36. The predicted octanol–water partition coefficient (Wildman–Crippen LogP) is 3.68. The Bertz CT molecular complexity index is 568. The van der Waals surface area contributed by atoms with Crippen LogP contribution in [0.25, 0.3) is 0 Å². The van der Waals surface area contributed by atoms with Crippen molar-refractivity contribution >= 4 is 29.9 Å². The summed E-state index contributed by atoms with van der Waals surface area (Å²) in [6.45, 7) is 2.31. The summed E-state index contributed by atoms with van der Waals surface area (Å²) in [7, 11) is 0. The number of aliphatic imine (C=N–C) groups is 1. The normalized spacial score (nSPS) is 19.7. The fourth-order valence-corrected chi connectivity index (χ4v) is 3.10. The second-order valence-corrected chi connectivity index (χ2v) is 6.08. The Labute approximate surface area is 151 Å². The van der Waals surface area contributed by atoms with E-state index in [4.69, 9.17) is 0 Å². The molecule has 1 saturated carbocycles. The summed E-state index contributed by atoms with van der Waals surface area (Å²) >= 11 is 0. The van der Waals surface area contributed by atoms with Gasteiger partial charge in [0.25, 0.3) is 0 Å². The van der Waals surface area contributed by atoms with Gasteiger partial charge in [-0.15, -0.1) is 24.0 Å². The fraction of sp³-hybridized carbons (Fsp3) is 0.562. The molecule has 0 spiro atoms. The van der Waals surface area contributed by atoms with Crippen LogP contribution in [0.4, 0.5) is 13.2 Å². The molecule has 1 heterocycles. The van der Waals surface area contributed by atoms with Crippen molar-refractivity contribution in [3.05, 3.63) is 35.4 Å². The van der Waals surface area contributed by atoms with Gasteiger partial charge in [-0.25, -0.2) is 0 Å². The number of rotatable bonds is 3. The molecule has 7 heteroatoms.